The summed E-state index contributed by atoms with van der Waals surface area (Å²) >= 11 is 1.51. The molecule has 1 N–H and O–H groups in total. The highest BCUT2D eigenvalue weighted by Gasteiger charge is 2.12. The van der Waals surface area contributed by atoms with Crippen LogP contribution in [-0.4, -0.2) is 17.4 Å². The molecule has 0 atom stereocenters. The number of hydrogen-bond acceptors (Lipinski definition) is 3. The second kappa shape index (κ2) is 9.78. The van der Waals surface area contributed by atoms with E-state index in [0.29, 0.717) is 12.1 Å². The average Bonchev–Trinajstić information content (AvgIpc) is 2.69. The predicted octanol–water partition coefficient (Wildman–Crippen LogP) is 4.99. The van der Waals surface area contributed by atoms with E-state index in [1.54, 1.807) is 12.3 Å². The summed E-state index contributed by atoms with van der Waals surface area (Å²) in [6.45, 7) is 0.677. The Bertz CT molecular complexity index is 822. The zero-order valence-corrected chi connectivity index (χ0v) is 15.4. The number of benzene rings is 2. The van der Waals surface area contributed by atoms with Crippen LogP contribution in [0.1, 0.15) is 28.8 Å². The van der Waals surface area contributed by atoms with E-state index in [-0.39, 0.29) is 5.91 Å². The number of aromatic nitrogens is 1. The molecular formula is C22H22N2OS. The van der Waals surface area contributed by atoms with Gasteiger partial charge in [0.1, 0.15) is 5.03 Å². The lowest BCUT2D eigenvalue weighted by molar-refractivity contribution is 0.0949. The van der Waals surface area contributed by atoms with Gasteiger partial charge in [-0.3, -0.25) is 4.79 Å². The van der Waals surface area contributed by atoms with Crippen LogP contribution >= 0.6 is 11.8 Å². The molecule has 0 radical (unpaired) electrons. The number of rotatable bonds is 8. The molecule has 132 valence electrons. The van der Waals surface area contributed by atoms with Crippen molar-refractivity contribution in [2.24, 2.45) is 0 Å². The molecule has 3 rings (SSSR count). The molecule has 4 heteroatoms. The molecule has 0 saturated heterocycles. The van der Waals surface area contributed by atoms with Crippen molar-refractivity contribution in [2.45, 2.75) is 29.2 Å². The van der Waals surface area contributed by atoms with Crippen molar-refractivity contribution in [3.8, 4) is 0 Å². The van der Waals surface area contributed by atoms with E-state index in [0.717, 1.165) is 29.2 Å². The molecule has 1 heterocycles. The van der Waals surface area contributed by atoms with Gasteiger partial charge in [0.25, 0.3) is 5.91 Å². The van der Waals surface area contributed by atoms with E-state index in [1.165, 1.54) is 17.3 Å². The van der Waals surface area contributed by atoms with Crippen LogP contribution in [0.15, 0.2) is 88.9 Å². The molecule has 1 aromatic heterocycles. The fraction of sp³-hybridized carbons (Fsp3) is 0.182. The van der Waals surface area contributed by atoms with Crippen LogP contribution in [0.2, 0.25) is 0 Å². The van der Waals surface area contributed by atoms with Gasteiger partial charge in [0.05, 0.1) is 5.56 Å². The van der Waals surface area contributed by atoms with Crippen LogP contribution in [0.5, 0.6) is 0 Å². The Morgan fingerprint density at radius 3 is 2.38 bits per heavy atom. The van der Waals surface area contributed by atoms with Gasteiger partial charge >= 0.3 is 0 Å². The van der Waals surface area contributed by atoms with E-state index in [4.69, 9.17) is 0 Å². The smallest absolute Gasteiger partial charge is 0.254 e. The van der Waals surface area contributed by atoms with Crippen LogP contribution in [-0.2, 0) is 6.42 Å². The molecule has 0 unspecified atom stereocenters. The highest BCUT2D eigenvalue weighted by atomic mass is 32.2. The van der Waals surface area contributed by atoms with Gasteiger partial charge in [-0.2, -0.15) is 0 Å². The van der Waals surface area contributed by atoms with Gasteiger partial charge in [0.15, 0.2) is 0 Å². The average molecular weight is 362 g/mol. The Morgan fingerprint density at radius 1 is 0.885 bits per heavy atom. The van der Waals surface area contributed by atoms with Gasteiger partial charge in [0.2, 0.25) is 0 Å². The van der Waals surface area contributed by atoms with Crippen molar-refractivity contribution in [1.82, 2.24) is 10.3 Å². The summed E-state index contributed by atoms with van der Waals surface area (Å²) in [5.41, 5.74) is 1.97. The van der Waals surface area contributed by atoms with E-state index in [2.05, 4.69) is 34.6 Å². The second-order valence-electron chi connectivity index (χ2n) is 5.97. The molecule has 0 aliphatic heterocycles. The van der Waals surface area contributed by atoms with E-state index in [9.17, 15) is 4.79 Å². The maximum Gasteiger partial charge on any atom is 0.254 e. The predicted molar refractivity (Wildman–Crippen MR) is 107 cm³/mol. The van der Waals surface area contributed by atoms with Crippen molar-refractivity contribution < 1.29 is 4.79 Å². The minimum atomic E-state index is -0.0590. The normalized spacial score (nSPS) is 10.5. The number of carbonyl (C=O) groups is 1. The van der Waals surface area contributed by atoms with Gasteiger partial charge in [0, 0.05) is 17.6 Å². The van der Waals surface area contributed by atoms with Crippen LogP contribution in [0.25, 0.3) is 0 Å². The van der Waals surface area contributed by atoms with E-state index >= 15 is 0 Å². The van der Waals surface area contributed by atoms with Crippen molar-refractivity contribution in [3.63, 3.8) is 0 Å². The van der Waals surface area contributed by atoms with Gasteiger partial charge in [-0.25, -0.2) is 4.98 Å². The molecular weight excluding hydrogens is 340 g/mol. The van der Waals surface area contributed by atoms with Gasteiger partial charge in [-0.1, -0.05) is 60.3 Å². The van der Waals surface area contributed by atoms with Crippen molar-refractivity contribution in [1.29, 1.82) is 0 Å². The summed E-state index contributed by atoms with van der Waals surface area (Å²) in [6.07, 6.45) is 4.78. The quantitative estimate of drug-likeness (QED) is 0.574. The van der Waals surface area contributed by atoms with Crippen LogP contribution in [0.4, 0.5) is 0 Å². The fourth-order valence-corrected chi connectivity index (χ4v) is 3.54. The largest absolute Gasteiger partial charge is 0.352 e. The third-order valence-electron chi connectivity index (χ3n) is 3.99. The SMILES string of the molecule is O=C(NCCCCc1ccccc1)c1cccnc1Sc1ccccc1. The molecule has 0 bridgehead atoms. The lowest BCUT2D eigenvalue weighted by atomic mass is 10.1. The number of amides is 1. The number of hydrogen-bond donors (Lipinski definition) is 1. The van der Waals surface area contributed by atoms with E-state index < -0.39 is 0 Å². The third-order valence-corrected chi connectivity index (χ3v) is 5.02. The zero-order valence-electron chi connectivity index (χ0n) is 14.6. The van der Waals surface area contributed by atoms with Crippen LogP contribution in [0.3, 0.4) is 0 Å². The number of unbranched alkanes of at least 4 members (excludes halogenated alkanes) is 1. The third kappa shape index (κ3) is 5.46. The standard InChI is InChI=1S/C22H22N2OS/c25-21(23-16-8-7-12-18-10-3-1-4-11-18)20-15-9-17-24-22(20)26-19-13-5-2-6-14-19/h1-6,9-11,13-15,17H,7-8,12,16H2,(H,23,25). The molecule has 0 aliphatic carbocycles. The van der Waals surface area contributed by atoms with Gasteiger partial charge in [-0.05, 0) is 49.1 Å². The molecule has 26 heavy (non-hydrogen) atoms. The number of nitrogens with one attached hydrogen (secondary N) is 1. The summed E-state index contributed by atoms with van der Waals surface area (Å²) in [4.78, 5) is 18.0. The summed E-state index contributed by atoms with van der Waals surface area (Å²) in [5.74, 6) is -0.0590. The lowest BCUT2D eigenvalue weighted by Gasteiger charge is -2.09. The Morgan fingerprint density at radius 2 is 1.62 bits per heavy atom. The molecule has 3 nitrogen and oxygen atoms in total. The van der Waals surface area contributed by atoms with Crippen LogP contribution in [0, 0.1) is 0 Å². The highest BCUT2D eigenvalue weighted by Crippen LogP contribution is 2.28. The molecule has 2 aromatic carbocycles. The number of carbonyl (C=O) groups excluding carboxylic acids is 1. The molecule has 3 aromatic rings. The lowest BCUT2D eigenvalue weighted by Crippen LogP contribution is -2.25. The van der Waals surface area contributed by atoms with Crippen molar-refractivity contribution in [3.05, 3.63) is 90.1 Å². The zero-order chi connectivity index (χ0) is 18.0. The molecule has 0 saturated carbocycles. The first-order chi connectivity index (χ1) is 12.8. The number of aryl methyl sites for hydroxylation is 1. The number of nitrogens with zero attached hydrogens (tertiary/aromatic N) is 1. The fourth-order valence-electron chi connectivity index (χ4n) is 2.64. The Hall–Kier alpha value is -2.59. The number of pyridine rings is 1. The topological polar surface area (TPSA) is 42.0 Å². The summed E-state index contributed by atoms with van der Waals surface area (Å²) in [5, 5.41) is 3.76. The molecule has 0 aliphatic rings. The summed E-state index contributed by atoms with van der Waals surface area (Å²) in [7, 11) is 0. The molecule has 1 amide bonds. The minimum Gasteiger partial charge on any atom is -0.352 e. The first-order valence-corrected chi connectivity index (χ1v) is 9.64. The van der Waals surface area contributed by atoms with Crippen molar-refractivity contribution in [2.75, 3.05) is 6.54 Å². The van der Waals surface area contributed by atoms with Gasteiger partial charge in [-0.15, -0.1) is 0 Å². The monoisotopic (exact) mass is 362 g/mol. The van der Waals surface area contributed by atoms with Gasteiger partial charge < -0.3 is 5.32 Å². The second-order valence-corrected chi connectivity index (χ2v) is 7.03. The maximum atomic E-state index is 12.5. The van der Waals surface area contributed by atoms with Crippen molar-refractivity contribution >= 4 is 17.7 Å². The highest BCUT2D eigenvalue weighted by molar-refractivity contribution is 7.99. The molecule has 0 spiro atoms. The summed E-state index contributed by atoms with van der Waals surface area (Å²) in [6, 6.07) is 24.1. The Kier molecular flexibility index (Phi) is 6.85. The summed E-state index contributed by atoms with van der Waals surface area (Å²) < 4.78 is 0. The first kappa shape index (κ1) is 18.2. The van der Waals surface area contributed by atoms with E-state index in [1.807, 2.05) is 42.5 Å². The van der Waals surface area contributed by atoms with Crippen LogP contribution < -0.4 is 5.32 Å². The minimum absolute atomic E-state index is 0.0590. The Labute approximate surface area is 158 Å². The molecule has 0 fully saturated rings. The maximum absolute atomic E-state index is 12.5. The first-order valence-electron chi connectivity index (χ1n) is 8.83. The Balaban J connectivity index is 1.50.